The van der Waals surface area contributed by atoms with E-state index in [0.717, 1.165) is 36.3 Å². The average molecular weight is 368 g/mol. The molecule has 2 aliphatic heterocycles. The molecule has 2 aromatic rings. The molecule has 0 unspecified atom stereocenters. The van der Waals surface area contributed by atoms with Crippen molar-refractivity contribution in [3.63, 3.8) is 0 Å². The number of fused-ring (bicyclic) bond motifs is 1. The highest BCUT2D eigenvalue weighted by molar-refractivity contribution is 5.94. The number of ether oxygens (including phenoxy) is 1. The first kappa shape index (κ1) is 18.0. The molecular weight excluding hydrogens is 340 g/mol. The van der Waals surface area contributed by atoms with Crippen LogP contribution in [0.15, 0.2) is 24.3 Å². The standard InChI is InChI=1S/C21H28N4O2/c1-14-11-18-19(15(2)27-14)22-23-20(18)21(26)24(3)13-16-7-6-8-17(12-16)25-9-4-5-10-25/h6-8,12,14-15H,4-5,9-11,13H2,1-3H3,(H,22,23)/t14-,15+/m1/s1. The van der Waals surface area contributed by atoms with Gasteiger partial charge in [0.2, 0.25) is 0 Å². The van der Waals surface area contributed by atoms with Gasteiger partial charge in [-0.1, -0.05) is 12.1 Å². The minimum absolute atomic E-state index is 0.0413. The van der Waals surface area contributed by atoms with Crippen LogP contribution in [-0.4, -0.2) is 47.2 Å². The summed E-state index contributed by atoms with van der Waals surface area (Å²) in [7, 11) is 1.85. The van der Waals surface area contributed by atoms with E-state index < -0.39 is 0 Å². The molecule has 4 rings (SSSR count). The summed E-state index contributed by atoms with van der Waals surface area (Å²) >= 11 is 0. The third kappa shape index (κ3) is 3.58. The van der Waals surface area contributed by atoms with Gasteiger partial charge in [0.1, 0.15) is 0 Å². The molecule has 0 radical (unpaired) electrons. The molecule has 144 valence electrons. The number of aromatic amines is 1. The van der Waals surface area contributed by atoms with Crippen LogP contribution in [0.25, 0.3) is 0 Å². The summed E-state index contributed by atoms with van der Waals surface area (Å²) in [4.78, 5) is 17.2. The van der Waals surface area contributed by atoms with Crippen molar-refractivity contribution >= 4 is 11.6 Å². The van der Waals surface area contributed by atoms with Crippen LogP contribution in [0, 0.1) is 0 Å². The molecule has 1 saturated heterocycles. The van der Waals surface area contributed by atoms with Gasteiger partial charge in [-0.25, -0.2) is 0 Å². The number of hydrogen-bond donors (Lipinski definition) is 1. The highest BCUT2D eigenvalue weighted by atomic mass is 16.5. The van der Waals surface area contributed by atoms with Crippen LogP contribution >= 0.6 is 0 Å². The Morgan fingerprint density at radius 1 is 1.33 bits per heavy atom. The molecule has 0 saturated carbocycles. The van der Waals surface area contributed by atoms with Crippen molar-refractivity contribution in [2.75, 3.05) is 25.0 Å². The van der Waals surface area contributed by atoms with Crippen molar-refractivity contribution in [3.05, 3.63) is 46.8 Å². The van der Waals surface area contributed by atoms with Crippen molar-refractivity contribution in [1.29, 1.82) is 0 Å². The van der Waals surface area contributed by atoms with Gasteiger partial charge in [0.15, 0.2) is 5.69 Å². The third-order valence-electron chi connectivity index (χ3n) is 5.58. The lowest BCUT2D eigenvalue weighted by atomic mass is 9.99. The first-order chi connectivity index (χ1) is 13.0. The summed E-state index contributed by atoms with van der Waals surface area (Å²) in [5.74, 6) is -0.0413. The molecule has 0 bridgehead atoms. The van der Waals surface area contributed by atoms with Crippen LogP contribution in [0.5, 0.6) is 0 Å². The fourth-order valence-electron chi connectivity index (χ4n) is 4.20. The normalized spacial score (nSPS) is 22.0. The minimum atomic E-state index is -0.0553. The van der Waals surface area contributed by atoms with Crippen molar-refractivity contribution in [2.24, 2.45) is 0 Å². The van der Waals surface area contributed by atoms with E-state index in [4.69, 9.17) is 4.74 Å². The lowest BCUT2D eigenvalue weighted by Crippen LogP contribution is -2.29. The summed E-state index contributed by atoms with van der Waals surface area (Å²) < 4.78 is 5.82. The van der Waals surface area contributed by atoms with Gasteiger partial charge < -0.3 is 14.5 Å². The van der Waals surface area contributed by atoms with Gasteiger partial charge in [-0.05, 0) is 44.4 Å². The SMILES string of the molecule is C[C@@H]1Cc2c(C(=O)N(C)Cc3cccc(N4CCCC4)c3)n[nH]c2[C@H](C)O1. The summed E-state index contributed by atoms with van der Waals surface area (Å²) in [5.41, 5.74) is 4.86. The van der Waals surface area contributed by atoms with Crippen LogP contribution in [0.3, 0.4) is 0 Å². The molecule has 2 atom stereocenters. The summed E-state index contributed by atoms with van der Waals surface area (Å²) in [6, 6.07) is 8.52. The lowest BCUT2D eigenvalue weighted by molar-refractivity contribution is -0.00701. The maximum atomic E-state index is 13.0. The number of amides is 1. The van der Waals surface area contributed by atoms with E-state index in [-0.39, 0.29) is 18.1 Å². The molecule has 1 N–H and O–H groups in total. The summed E-state index contributed by atoms with van der Waals surface area (Å²) in [5, 5.41) is 7.33. The number of H-pyrrole nitrogens is 1. The van der Waals surface area contributed by atoms with Gasteiger partial charge in [0.25, 0.3) is 5.91 Å². The van der Waals surface area contributed by atoms with E-state index in [2.05, 4.69) is 39.4 Å². The van der Waals surface area contributed by atoms with Crippen molar-refractivity contribution in [1.82, 2.24) is 15.1 Å². The van der Waals surface area contributed by atoms with E-state index in [1.165, 1.54) is 18.5 Å². The Morgan fingerprint density at radius 3 is 2.89 bits per heavy atom. The van der Waals surface area contributed by atoms with Gasteiger partial charge in [0, 0.05) is 44.4 Å². The summed E-state index contributed by atoms with van der Waals surface area (Å²) in [6.07, 6.45) is 3.27. The molecule has 2 aliphatic rings. The quantitative estimate of drug-likeness (QED) is 0.899. The molecule has 0 aliphatic carbocycles. The Kier molecular flexibility index (Phi) is 4.91. The van der Waals surface area contributed by atoms with E-state index in [1.54, 1.807) is 4.90 Å². The van der Waals surface area contributed by atoms with Gasteiger partial charge >= 0.3 is 0 Å². The number of benzene rings is 1. The van der Waals surface area contributed by atoms with Gasteiger partial charge in [-0.3, -0.25) is 9.89 Å². The molecule has 6 nitrogen and oxygen atoms in total. The van der Waals surface area contributed by atoms with Crippen molar-refractivity contribution < 1.29 is 9.53 Å². The number of nitrogens with zero attached hydrogens (tertiary/aromatic N) is 3. The topological polar surface area (TPSA) is 61.5 Å². The van der Waals surface area contributed by atoms with E-state index in [0.29, 0.717) is 12.2 Å². The Bertz CT molecular complexity index is 825. The monoisotopic (exact) mass is 368 g/mol. The fourth-order valence-corrected chi connectivity index (χ4v) is 4.20. The van der Waals surface area contributed by atoms with Gasteiger partial charge in [0.05, 0.1) is 17.9 Å². The third-order valence-corrected chi connectivity index (χ3v) is 5.58. The molecule has 1 aromatic carbocycles. The molecule has 27 heavy (non-hydrogen) atoms. The number of hydrogen-bond acceptors (Lipinski definition) is 4. The van der Waals surface area contributed by atoms with Gasteiger partial charge in [-0.15, -0.1) is 0 Å². The van der Waals surface area contributed by atoms with Crippen molar-refractivity contribution in [2.45, 2.75) is 51.9 Å². The molecule has 6 heteroatoms. The Morgan fingerprint density at radius 2 is 2.11 bits per heavy atom. The maximum Gasteiger partial charge on any atom is 0.274 e. The zero-order valence-electron chi connectivity index (χ0n) is 16.4. The largest absolute Gasteiger partial charge is 0.372 e. The molecule has 1 aromatic heterocycles. The second kappa shape index (κ2) is 7.35. The van der Waals surface area contributed by atoms with E-state index >= 15 is 0 Å². The molecule has 1 fully saturated rings. The van der Waals surface area contributed by atoms with Gasteiger partial charge in [-0.2, -0.15) is 5.10 Å². The summed E-state index contributed by atoms with van der Waals surface area (Å²) in [6.45, 7) is 6.85. The number of nitrogens with one attached hydrogen (secondary N) is 1. The highest BCUT2D eigenvalue weighted by Crippen LogP contribution is 2.30. The second-order valence-corrected chi connectivity index (χ2v) is 7.78. The lowest BCUT2D eigenvalue weighted by Gasteiger charge is -2.26. The molecule has 0 spiro atoms. The minimum Gasteiger partial charge on any atom is -0.372 e. The van der Waals surface area contributed by atoms with E-state index in [9.17, 15) is 4.79 Å². The number of rotatable bonds is 4. The zero-order valence-corrected chi connectivity index (χ0v) is 16.4. The molecule has 1 amide bonds. The second-order valence-electron chi connectivity index (χ2n) is 7.78. The first-order valence-electron chi connectivity index (χ1n) is 9.85. The number of carbonyl (C=O) groups is 1. The molecule has 3 heterocycles. The average Bonchev–Trinajstić information content (AvgIpc) is 3.31. The van der Waals surface area contributed by atoms with Crippen LogP contribution in [0.1, 0.15) is 60.1 Å². The smallest absolute Gasteiger partial charge is 0.274 e. The Balaban J connectivity index is 1.50. The van der Waals surface area contributed by atoms with Crippen molar-refractivity contribution in [3.8, 4) is 0 Å². The predicted molar refractivity (Wildman–Crippen MR) is 105 cm³/mol. The fraction of sp³-hybridized carbons (Fsp3) is 0.524. The predicted octanol–water partition coefficient (Wildman–Crippen LogP) is 3.30. The Labute approximate surface area is 160 Å². The van der Waals surface area contributed by atoms with Crippen LogP contribution in [0.4, 0.5) is 5.69 Å². The number of anilines is 1. The maximum absolute atomic E-state index is 13.0. The molecular formula is C21H28N4O2. The van der Waals surface area contributed by atoms with E-state index in [1.807, 2.05) is 20.9 Å². The van der Waals surface area contributed by atoms with Crippen LogP contribution in [-0.2, 0) is 17.7 Å². The zero-order chi connectivity index (χ0) is 19.0. The number of aromatic nitrogens is 2. The first-order valence-corrected chi connectivity index (χ1v) is 9.85. The number of carbonyl (C=O) groups excluding carboxylic acids is 1. The van der Waals surface area contributed by atoms with Crippen LogP contribution in [0.2, 0.25) is 0 Å². The highest BCUT2D eigenvalue weighted by Gasteiger charge is 2.30. The van der Waals surface area contributed by atoms with Crippen LogP contribution < -0.4 is 4.90 Å². The Hall–Kier alpha value is -2.34.